The van der Waals surface area contributed by atoms with Crippen LogP contribution >= 0.6 is 11.6 Å². The molecule has 3 aromatic carbocycles. The molecule has 4 rings (SSSR count). The number of nitrogens with zero attached hydrogens (tertiary/aromatic N) is 2. The second kappa shape index (κ2) is 14.1. The zero-order valence-corrected chi connectivity index (χ0v) is 25.8. The van der Waals surface area contributed by atoms with Crippen LogP contribution < -0.4 is 14.4 Å². The van der Waals surface area contributed by atoms with Crippen LogP contribution in [-0.4, -0.2) is 50.4 Å². The van der Waals surface area contributed by atoms with E-state index in [4.69, 9.17) is 16.3 Å². The van der Waals surface area contributed by atoms with Gasteiger partial charge >= 0.3 is 0 Å². The monoisotopic (exact) mass is 611 g/mol. The van der Waals surface area contributed by atoms with Crippen molar-refractivity contribution in [3.8, 4) is 5.75 Å². The molecule has 3 aromatic rings. The van der Waals surface area contributed by atoms with E-state index in [9.17, 15) is 18.0 Å². The summed E-state index contributed by atoms with van der Waals surface area (Å²) in [5, 5.41) is 3.57. The van der Waals surface area contributed by atoms with Crippen molar-refractivity contribution in [1.29, 1.82) is 0 Å². The van der Waals surface area contributed by atoms with Gasteiger partial charge in [-0.1, -0.05) is 66.4 Å². The Balaban J connectivity index is 1.72. The molecule has 0 spiro atoms. The Hall–Kier alpha value is -3.56. The Labute approximate surface area is 253 Å². The lowest BCUT2D eigenvalue weighted by Gasteiger charge is -2.33. The first-order valence-corrected chi connectivity index (χ1v) is 16.1. The number of sulfonamides is 1. The van der Waals surface area contributed by atoms with Crippen molar-refractivity contribution in [3.63, 3.8) is 0 Å². The molecule has 0 aliphatic heterocycles. The fourth-order valence-corrected chi connectivity index (χ4v) is 6.74. The van der Waals surface area contributed by atoms with E-state index in [1.807, 2.05) is 13.0 Å². The van der Waals surface area contributed by atoms with Crippen molar-refractivity contribution >= 4 is 39.1 Å². The first-order chi connectivity index (χ1) is 20.1. The van der Waals surface area contributed by atoms with Gasteiger partial charge in [0.15, 0.2) is 0 Å². The minimum atomic E-state index is -4.20. The maximum Gasteiger partial charge on any atom is 0.264 e. The average molecular weight is 612 g/mol. The minimum absolute atomic E-state index is 0.0422. The summed E-state index contributed by atoms with van der Waals surface area (Å²) in [5.74, 6) is -0.483. The van der Waals surface area contributed by atoms with E-state index < -0.39 is 28.5 Å². The molecule has 0 heterocycles. The predicted octanol–water partition coefficient (Wildman–Crippen LogP) is 5.72. The van der Waals surface area contributed by atoms with Gasteiger partial charge in [-0.25, -0.2) is 8.42 Å². The number of rotatable bonds is 12. The molecule has 0 radical (unpaired) electrons. The molecule has 224 valence electrons. The number of hydrogen-bond acceptors (Lipinski definition) is 5. The normalized spacial score (nSPS) is 14.3. The summed E-state index contributed by atoms with van der Waals surface area (Å²) in [6.45, 7) is 5.18. The molecule has 42 heavy (non-hydrogen) atoms. The summed E-state index contributed by atoms with van der Waals surface area (Å²) in [7, 11) is -4.20. The molecule has 1 N–H and O–H groups in total. The highest BCUT2D eigenvalue weighted by atomic mass is 35.5. The van der Waals surface area contributed by atoms with E-state index in [1.165, 1.54) is 17.0 Å². The maximum absolute atomic E-state index is 14.2. The van der Waals surface area contributed by atoms with Crippen LogP contribution in [0.25, 0.3) is 0 Å². The Morgan fingerprint density at radius 2 is 1.71 bits per heavy atom. The van der Waals surface area contributed by atoms with Gasteiger partial charge in [-0.15, -0.1) is 0 Å². The summed E-state index contributed by atoms with van der Waals surface area (Å²) >= 11 is 6.23. The van der Waals surface area contributed by atoms with E-state index in [-0.39, 0.29) is 29.1 Å². The maximum atomic E-state index is 14.2. The molecule has 1 aliphatic carbocycles. The summed E-state index contributed by atoms with van der Waals surface area (Å²) in [6.07, 6.45) is 3.90. The third-order valence-corrected chi connectivity index (χ3v) is 9.44. The molecule has 0 aromatic heterocycles. The first kappa shape index (κ1) is 31.4. The number of nitrogens with one attached hydrogen (secondary N) is 1. The van der Waals surface area contributed by atoms with Gasteiger partial charge in [0.05, 0.1) is 17.2 Å². The Morgan fingerprint density at radius 1 is 1.02 bits per heavy atom. The van der Waals surface area contributed by atoms with E-state index in [2.05, 4.69) is 5.32 Å². The van der Waals surface area contributed by atoms with Crippen LogP contribution in [0, 0.1) is 6.92 Å². The van der Waals surface area contributed by atoms with Gasteiger partial charge in [0, 0.05) is 17.6 Å². The lowest BCUT2D eigenvalue weighted by Crippen LogP contribution is -2.52. The zero-order chi connectivity index (χ0) is 30.3. The van der Waals surface area contributed by atoms with Gasteiger partial charge in [0.1, 0.15) is 18.3 Å². The number of carbonyl (C=O) groups is 2. The van der Waals surface area contributed by atoms with Gasteiger partial charge in [0.2, 0.25) is 11.8 Å². The highest BCUT2D eigenvalue weighted by Crippen LogP contribution is 2.33. The Kier molecular flexibility index (Phi) is 10.5. The van der Waals surface area contributed by atoms with Crippen molar-refractivity contribution in [2.45, 2.75) is 70.0 Å². The number of amides is 2. The third kappa shape index (κ3) is 7.63. The molecule has 0 bridgehead atoms. The highest BCUT2D eigenvalue weighted by Gasteiger charge is 2.34. The van der Waals surface area contributed by atoms with Crippen LogP contribution in [0.3, 0.4) is 0 Å². The number of carbonyl (C=O) groups excluding carboxylic acids is 2. The highest BCUT2D eigenvalue weighted by molar-refractivity contribution is 7.92. The fourth-order valence-electron chi connectivity index (χ4n) is 5.10. The second-order valence-corrected chi connectivity index (χ2v) is 12.8. The largest absolute Gasteiger partial charge is 0.492 e. The van der Waals surface area contributed by atoms with Crippen LogP contribution in [0.2, 0.25) is 5.02 Å². The molecule has 0 saturated heterocycles. The van der Waals surface area contributed by atoms with Gasteiger partial charge in [-0.2, -0.15) is 0 Å². The molecule has 1 aliphatic rings. The predicted molar refractivity (Wildman–Crippen MR) is 165 cm³/mol. The molecule has 1 unspecified atom stereocenters. The minimum Gasteiger partial charge on any atom is -0.492 e. The number of halogens is 1. The quantitative estimate of drug-likeness (QED) is 0.283. The fraction of sp³-hybridized carbons (Fsp3) is 0.375. The van der Waals surface area contributed by atoms with Crippen molar-refractivity contribution in [3.05, 3.63) is 88.9 Å². The molecule has 8 nitrogen and oxygen atoms in total. The number of para-hydroxylation sites is 2. The Bertz CT molecular complexity index is 1490. The van der Waals surface area contributed by atoms with Crippen molar-refractivity contribution < 1.29 is 22.7 Å². The lowest BCUT2D eigenvalue weighted by atomic mass is 10.1. The lowest BCUT2D eigenvalue weighted by molar-refractivity contribution is -0.139. The number of benzene rings is 3. The number of anilines is 1. The molecular weight excluding hydrogens is 574 g/mol. The van der Waals surface area contributed by atoms with E-state index in [0.29, 0.717) is 17.4 Å². The standard InChI is InChI=1S/C32H38ClN3O5S/c1-4-41-30-15-8-7-14-29(30)36(42(39,40)28-18-16-23(2)17-19-28)22-31(37)35(21-25-10-9-11-26(33)20-25)24(3)32(38)34-27-12-5-6-13-27/h7-11,14-20,24,27H,4-6,12-13,21-22H2,1-3H3,(H,34,38). The molecule has 1 fully saturated rings. The van der Waals surface area contributed by atoms with Crippen LogP contribution in [0.1, 0.15) is 50.7 Å². The molecule has 10 heteroatoms. The summed E-state index contributed by atoms with van der Waals surface area (Å²) in [5.41, 5.74) is 1.86. The number of hydrogen-bond donors (Lipinski definition) is 1. The summed E-state index contributed by atoms with van der Waals surface area (Å²) in [6, 6.07) is 19.4. The van der Waals surface area contributed by atoms with Gasteiger partial charge in [-0.3, -0.25) is 13.9 Å². The van der Waals surface area contributed by atoms with Gasteiger partial charge in [0.25, 0.3) is 10.0 Å². The smallest absolute Gasteiger partial charge is 0.264 e. The average Bonchev–Trinajstić information content (AvgIpc) is 3.48. The van der Waals surface area contributed by atoms with Crippen LogP contribution in [0.4, 0.5) is 5.69 Å². The van der Waals surface area contributed by atoms with Crippen LogP contribution in [-0.2, 0) is 26.2 Å². The second-order valence-electron chi connectivity index (χ2n) is 10.5. The van der Waals surface area contributed by atoms with E-state index >= 15 is 0 Å². The van der Waals surface area contributed by atoms with Crippen LogP contribution in [0.15, 0.2) is 77.7 Å². The van der Waals surface area contributed by atoms with Crippen molar-refractivity contribution in [1.82, 2.24) is 10.2 Å². The van der Waals surface area contributed by atoms with E-state index in [1.54, 1.807) is 68.4 Å². The molecular formula is C32H38ClN3O5S. The summed E-state index contributed by atoms with van der Waals surface area (Å²) < 4.78 is 35.0. The number of ether oxygens (including phenoxy) is 1. The zero-order valence-electron chi connectivity index (χ0n) is 24.3. The van der Waals surface area contributed by atoms with Crippen molar-refractivity contribution in [2.75, 3.05) is 17.5 Å². The van der Waals surface area contributed by atoms with Gasteiger partial charge in [-0.05, 0) is 75.6 Å². The SMILES string of the molecule is CCOc1ccccc1N(CC(=O)N(Cc1cccc(Cl)c1)C(C)C(=O)NC1CCCC1)S(=O)(=O)c1ccc(C)cc1. The molecule has 1 saturated carbocycles. The number of aryl methyl sites for hydroxylation is 1. The van der Waals surface area contributed by atoms with Gasteiger partial charge < -0.3 is 15.0 Å². The third-order valence-electron chi connectivity index (χ3n) is 7.43. The molecule has 2 amide bonds. The Morgan fingerprint density at radius 3 is 2.38 bits per heavy atom. The van der Waals surface area contributed by atoms with E-state index in [0.717, 1.165) is 41.1 Å². The first-order valence-electron chi connectivity index (χ1n) is 14.3. The molecule has 1 atom stereocenters. The van der Waals surface area contributed by atoms with Crippen LogP contribution in [0.5, 0.6) is 5.75 Å². The summed E-state index contributed by atoms with van der Waals surface area (Å²) in [4.78, 5) is 29.0. The topological polar surface area (TPSA) is 96.0 Å². The van der Waals surface area contributed by atoms with Crippen molar-refractivity contribution in [2.24, 2.45) is 0 Å².